The van der Waals surface area contributed by atoms with Crippen LogP contribution in [0.3, 0.4) is 0 Å². The number of benzene rings is 1. The Morgan fingerprint density at radius 2 is 2.07 bits per heavy atom. The van der Waals surface area contributed by atoms with Crippen molar-refractivity contribution in [2.24, 2.45) is 4.99 Å². The zero-order chi connectivity index (χ0) is 19.6. The lowest BCUT2D eigenvalue weighted by Gasteiger charge is -2.12. The molecule has 0 aliphatic heterocycles. The van der Waals surface area contributed by atoms with Crippen LogP contribution in [0.25, 0.3) is 0 Å². The van der Waals surface area contributed by atoms with Crippen molar-refractivity contribution in [2.75, 3.05) is 20.3 Å². The van der Waals surface area contributed by atoms with Crippen molar-refractivity contribution in [1.29, 1.82) is 0 Å². The number of terminal acetylenes is 1. The highest BCUT2D eigenvalue weighted by molar-refractivity contribution is 14.0. The van der Waals surface area contributed by atoms with E-state index in [1.807, 2.05) is 39.0 Å². The maximum Gasteiger partial charge on any atom is 0.191 e. The molecule has 0 unspecified atom stereocenters. The van der Waals surface area contributed by atoms with Gasteiger partial charge in [0.1, 0.15) is 6.61 Å². The third kappa shape index (κ3) is 7.20. The maximum atomic E-state index is 5.55. The van der Waals surface area contributed by atoms with Crippen molar-refractivity contribution < 1.29 is 9.47 Å². The Bertz CT molecular complexity index is 830. The van der Waals surface area contributed by atoms with Crippen molar-refractivity contribution in [3.8, 4) is 23.8 Å². The molecule has 0 aliphatic rings. The Hall–Kier alpha value is -1.99. The van der Waals surface area contributed by atoms with Gasteiger partial charge in [0.2, 0.25) is 0 Å². The van der Waals surface area contributed by atoms with Gasteiger partial charge in [-0.05, 0) is 38.5 Å². The number of aromatic nitrogens is 1. The summed E-state index contributed by atoms with van der Waals surface area (Å²) in [5.41, 5.74) is 2.07. The fourth-order valence-electron chi connectivity index (χ4n) is 2.47. The summed E-state index contributed by atoms with van der Waals surface area (Å²) in [5.74, 6) is 4.49. The number of rotatable bonds is 8. The molecule has 0 aliphatic carbocycles. The van der Waals surface area contributed by atoms with Crippen molar-refractivity contribution in [1.82, 2.24) is 15.6 Å². The van der Waals surface area contributed by atoms with Gasteiger partial charge >= 0.3 is 0 Å². The number of halogens is 1. The average Bonchev–Trinajstić information content (AvgIpc) is 2.99. The molecule has 1 aromatic heterocycles. The largest absolute Gasteiger partial charge is 0.493 e. The van der Waals surface area contributed by atoms with E-state index in [2.05, 4.69) is 26.5 Å². The van der Waals surface area contributed by atoms with Crippen LogP contribution in [0.5, 0.6) is 11.5 Å². The lowest BCUT2D eigenvalue weighted by molar-refractivity contribution is 0.330. The summed E-state index contributed by atoms with van der Waals surface area (Å²) in [6.07, 6.45) is 5.27. The van der Waals surface area contributed by atoms with Crippen molar-refractivity contribution in [3.05, 3.63) is 39.3 Å². The monoisotopic (exact) mass is 514 g/mol. The molecule has 28 heavy (non-hydrogen) atoms. The Balaban J connectivity index is 0.00000392. The summed E-state index contributed by atoms with van der Waals surface area (Å²) >= 11 is 1.70. The first-order chi connectivity index (χ1) is 13.1. The molecule has 1 heterocycles. The van der Waals surface area contributed by atoms with Gasteiger partial charge in [-0.25, -0.2) is 9.98 Å². The molecular weight excluding hydrogens is 487 g/mol. The molecule has 0 saturated heterocycles. The highest BCUT2D eigenvalue weighted by atomic mass is 127. The molecule has 0 radical (unpaired) electrons. The molecule has 0 amide bonds. The molecular formula is C20H27IN4O2S. The predicted molar refractivity (Wildman–Crippen MR) is 126 cm³/mol. The number of hydrogen-bond acceptors (Lipinski definition) is 5. The van der Waals surface area contributed by atoms with Gasteiger partial charge in [-0.2, -0.15) is 0 Å². The number of ether oxygens (including phenoxy) is 2. The second kappa shape index (κ2) is 12.5. The van der Waals surface area contributed by atoms with E-state index in [4.69, 9.17) is 15.9 Å². The molecule has 0 atom stereocenters. The normalized spacial score (nSPS) is 10.6. The van der Waals surface area contributed by atoms with Crippen LogP contribution >= 0.6 is 35.3 Å². The number of aliphatic imine (C=N–C) groups is 1. The molecule has 8 heteroatoms. The van der Waals surface area contributed by atoms with Gasteiger partial charge in [0.15, 0.2) is 17.5 Å². The van der Waals surface area contributed by atoms with Crippen LogP contribution in [-0.2, 0) is 13.1 Å². The maximum absolute atomic E-state index is 5.55. The molecule has 0 fully saturated rings. The molecule has 2 aromatic rings. The number of methoxy groups -OCH3 is 1. The Kier molecular flexibility index (Phi) is 10.7. The molecule has 0 bridgehead atoms. The molecule has 1 aromatic carbocycles. The van der Waals surface area contributed by atoms with Crippen LogP contribution < -0.4 is 20.1 Å². The van der Waals surface area contributed by atoms with E-state index < -0.39 is 0 Å². The average molecular weight is 514 g/mol. The van der Waals surface area contributed by atoms with Gasteiger partial charge in [0, 0.05) is 11.4 Å². The molecule has 6 nitrogen and oxygen atoms in total. The minimum atomic E-state index is 0. The third-order valence-electron chi connectivity index (χ3n) is 3.72. The van der Waals surface area contributed by atoms with Gasteiger partial charge in [-0.3, -0.25) is 0 Å². The van der Waals surface area contributed by atoms with E-state index in [9.17, 15) is 0 Å². The third-order valence-corrected chi connectivity index (χ3v) is 4.79. The van der Waals surface area contributed by atoms with Gasteiger partial charge in [0.05, 0.1) is 30.9 Å². The fourth-order valence-corrected chi connectivity index (χ4v) is 3.34. The minimum absolute atomic E-state index is 0. The number of nitrogens with one attached hydrogen (secondary N) is 2. The smallest absolute Gasteiger partial charge is 0.191 e. The summed E-state index contributed by atoms with van der Waals surface area (Å²) in [6, 6.07) is 5.73. The van der Waals surface area contributed by atoms with E-state index in [0.29, 0.717) is 24.6 Å². The van der Waals surface area contributed by atoms with E-state index in [-0.39, 0.29) is 30.6 Å². The van der Waals surface area contributed by atoms with Crippen molar-refractivity contribution >= 4 is 41.3 Å². The first-order valence-corrected chi connectivity index (χ1v) is 9.57. The minimum Gasteiger partial charge on any atom is -0.493 e. The summed E-state index contributed by atoms with van der Waals surface area (Å²) in [7, 11) is 1.60. The van der Waals surface area contributed by atoms with Gasteiger partial charge < -0.3 is 20.1 Å². The van der Waals surface area contributed by atoms with Crippen LogP contribution in [0.2, 0.25) is 0 Å². The summed E-state index contributed by atoms with van der Waals surface area (Å²) in [6.45, 7) is 8.27. The molecule has 2 rings (SSSR count). The Morgan fingerprint density at radius 1 is 1.29 bits per heavy atom. The SMILES string of the molecule is C#CCOc1cc(CN=C(NCC)NCc2sc(C)nc2C)ccc1OC.I. The first kappa shape index (κ1) is 24.0. The van der Waals surface area contributed by atoms with Crippen LogP contribution in [0.4, 0.5) is 0 Å². The van der Waals surface area contributed by atoms with E-state index in [1.54, 1.807) is 18.4 Å². The predicted octanol–water partition coefficient (Wildman–Crippen LogP) is 3.65. The molecule has 0 saturated carbocycles. The second-order valence-corrected chi connectivity index (χ2v) is 7.06. The second-order valence-electron chi connectivity index (χ2n) is 5.77. The highest BCUT2D eigenvalue weighted by Gasteiger charge is 2.07. The van der Waals surface area contributed by atoms with Gasteiger partial charge in [0.25, 0.3) is 0 Å². The summed E-state index contributed by atoms with van der Waals surface area (Å²) in [4.78, 5) is 10.3. The molecule has 2 N–H and O–H groups in total. The number of hydrogen-bond donors (Lipinski definition) is 2. The lowest BCUT2D eigenvalue weighted by atomic mass is 10.2. The van der Waals surface area contributed by atoms with Crippen LogP contribution in [0, 0.1) is 26.2 Å². The van der Waals surface area contributed by atoms with Crippen molar-refractivity contribution in [2.45, 2.75) is 33.9 Å². The van der Waals surface area contributed by atoms with E-state index in [1.165, 1.54) is 4.88 Å². The van der Waals surface area contributed by atoms with Crippen molar-refractivity contribution in [3.63, 3.8) is 0 Å². The number of aryl methyl sites for hydroxylation is 2. The van der Waals surface area contributed by atoms with Crippen LogP contribution in [0.1, 0.15) is 28.1 Å². The summed E-state index contributed by atoms with van der Waals surface area (Å²) < 4.78 is 10.8. The quantitative estimate of drug-likeness (QED) is 0.244. The van der Waals surface area contributed by atoms with E-state index >= 15 is 0 Å². The number of guanidine groups is 1. The topological polar surface area (TPSA) is 67.8 Å². The standard InChI is InChI=1S/C20H26N4O2S.HI/c1-6-10-26-18-11-16(8-9-17(18)25-5)12-22-20(21-7-2)23-13-19-14(3)24-15(4)27-19;/h1,8-9,11H,7,10,12-13H2,2-5H3,(H2,21,22,23);1H. The highest BCUT2D eigenvalue weighted by Crippen LogP contribution is 2.28. The van der Waals surface area contributed by atoms with Gasteiger partial charge in [-0.1, -0.05) is 12.0 Å². The zero-order valence-electron chi connectivity index (χ0n) is 16.7. The van der Waals surface area contributed by atoms with Crippen LogP contribution in [-0.4, -0.2) is 31.2 Å². The van der Waals surface area contributed by atoms with Gasteiger partial charge in [-0.15, -0.1) is 41.7 Å². The molecule has 0 spiro atoms. The Labute approximate surface area is 188 Å². The number of nitrogens with zero attached hydrogens (tertiary/aromatic N) is 2. The lowest BCUT2D eigenvalue weighted by Crippen LogP contribution is -2.36. The summed E-state index contributed by atoms with van der Waals surface area (Å²) in [5, 5.41) is 7.69. The fraction of sp³-hybridized carbons (Fsp3) is 0.400. The van der Waals surface area contributed by atoms with Crippen LogP contribution in [0.15, 0.2) is 23.2 Å². The number of thiazole rings is 1. The first-order valence-electron chi connectivity index (χ1n) is 8.75. The zero-order valence-corrected chi connectivity index (χ0v) is 19.8. The Morgan fingerprint density at radius 3 is 2.68 bits per heavy atom. The molecule has 152 valence electrons. The van der Waals surface area contributed by atoms with E-state index in [0.717, 1.165) is 28.8 Å².